The molecular weight excluding hydrogens is 547 g/mol. The van der Waals surface area contributed by atoms with E-state index >= 15 is 0 Å². The van der Waals surface area contributed by atoms with E-state index in [9.17, 15) is 24.0 Å². The summed E-state index contributed by atoms with van der Waals surface area (Å²) in [6.45, 7) is 1.07. The van der Waals surface area contributed by atoms with E-state index in [1.54, 1.807) is 0 Å². The highest BCUT2D eigenvalue weighted by Gasteiger charge is 2.15. The summed E-state index contributed by atoms with van der Waals surface area (Å²) in [7, 11) is 0. The van der Waals surface area contributed by atoms with Gasteiger partial charge in [0, 0.05) is 39.2 Å². The van der Waals surface area contributed by atoms with Crippen LogP contribution in [0.3, 0.4) is 0 Å². The first-order valence-electron chi connectivity index (χ1n) is 10.3. The van der Waals surface area contributed by atoms with Crippen molar-refractivity contribution in [2.75, 3.05) is 76.2 Å². The number of ether oxygens (including phenoxy) is 2. The minimum Gasteiger partial charge on any atom is -0.379 e. The average Bonchev–Trinajstić information content (AvgIpc) is 2.82. The van der Waals surface area contributed by atoms with E-state index in [1.165, 1.54) is 4.90 Å². The van der Waals surface area contributed by atoms with E-state index in [1.807, 2.05) is 0 Å². The molecule has 14 heteroatoms. The van der Waals surface area contributed by atoms with Crippen LogP contribution in [-0.2, 0) is 33.4 Å². The Morgan fingerprint density at radius 3 is 1.91 bits per heavy atom. The van der Waals surface area contributed by atoms with Crippen LogP contribution < -0.4 is 16.0 Å². The molecule has 3 N–H and O–H groups in total. The van der Waals surface area contributed by atoms with Gasteiger partial charge in [-0.3, -0.25) is 24.0 Å². The molecule has 4 amide bonds. The number of carbonyl (C=O) groups is 5. The molecule has 0 aromatic rings. The van der Waals surface area contributed by atoms with Crippen molar-refractivity contribution in [3.8, 4) is 0 Å². The fourth-order valence-corrected chi connectivity index (χ4v) is 2.75. The van der Waals surface area contributed by atoms with Gasteiger partial charge in [-0.1, -0.05) is 15.9 Å². The van der Waals surface area contributed by atoms with Gasteiger partial charge in [-0.15, -0.1) is 23.2 Å². The van der Waals surface area contributed by atoms with Crippen molar-refractivity contribution in [1.82, 2.24) is 20.9 Å². The Morgan fingerprint density at radius 2 is 1.36 bits per heavy atom. The molecule has 0 aliphatic heterocycles. The number of rotatable bonds is 20. The molecular formula is C19H31BrCl2N4O7. The summed E-state index contributed by atoms with van der Waals surface area (Å²) in [6, 6.07) is 0. The number of ketones is 1. The normalized spacial score (nSPS) is 10.4. The zero-order valence-corrected chi connectivity index (χ0v) is 21.4. The number of Topliss-reactive ketones (excluding diaryl/α,β-unsaturated/α-hetero) is 1. The van der Waals surface area contributed by atoms with Crippen LogP contribution in [0.1, 0.15) is 12.8 Å². The van der Waals surface area contributed by atoms with E-state index in [0.717, 1.165) is 0 Å². The van der Waals surface area contributed by atoms with Crippen molar-refractivity contribution < 1.29 is 33.4 Å². The smallest absolute Gasteiger partial charge is 0.246 e. The molecule has 0 atom stereocenters. The van der Waals surface area contributed by atoms with Crippen molar-refractivity contribution in [3.63, 3.8) is 0 Å². The van der Waals surface area contributed by atoms with Crippen LogP contribution in [0.25, 0.3) is 0 Å². The fourth-order valence-electron chi connectivity index (χ4n) is 2.28. The number of amides is 4. The number of hydrogen-bond donors (Lipinski definition) is 3. The molecule has 0 radical (unpaired) electrons. The highest BCUT2D eigenvalue weighted by molar-refractivity contribution is 9.09. The van der Waals surface area contributed by atoms with Gasteiger partial charge < -0.3 is 30.3 Å². The molecule has 0 unspecified atom stereocenters. The largest absolute Gasteiger partial charge is 0.379 e. The van der Waals surface area contributed by atoms with Crippen LogP contribution in [0.4, 0.5) is 0 Å². The summed E-state index contributed by atoms with van der Waals surface area (Å²) in [6.07, 6.45) is 1.06. The van der Waals surface area contributed by atoms with Crippen LogP contribution in [0, 0.1) is 0 Å². The van der Waals surface area contributed by atoms with Gasteiger partial charge in [0.2, 0.25) is 23.6 Å². The second kappa shape index (κ2) is 21.1. The molecule has 11 nitrogen and oxygen atoms in total. The summed E-state index contributed by atoms with van der Waals surface area (Å²) >= 11 is 13.9. The number of nitrogens with zero attached hydrogens (tertiary/aromatic N) is 1. The fraction of sp³-hybridized carbons (Fsp3) is 0.737. The average molecular weight is 578 g/mol. The third-order valence-electron chi connectivity index (χ3n) is 3.94. The number of hydrogen-bond acceptors (Lipinski definition) is 7. The van der Waals surface area contributed by atoms with Gasteiger partial charge in [-0.25, -0.2) is 0 Å². The second-order valence-corrected chi connectivity index (χ2v) is 7.66. The molecule has 0 fully saturated rings. The van der Waals surface area contributed by atoms with Gasteiger partial charge in [0.25, 0.3) is 0 Å². The number of alkyl halides is 3. The molecule has 0 aromatic carbocycles. The topological polar surface area (TPSA) is 143 Å². The Kier molecular flexibility index (Phi) is 20.1. The number of nitrogens with one attached hydrogen (secondary N) is 3. The molecule has 0 aliphatic rings. The molecule has 190 valence electrons. The lowest BCUT2D eigenvalue weighted by molar-refractivity contribution is -0.134. The van der Waals surface area contributed by atoms with Gasteiger partial charge in [0.15, 0.2) is 0 Å². The molecule has 0 bridgehead atoms. The number of carbonyl (C=O) groups excluding carboxylic acids is 5. The third-order valence-corrected chi connectivity index (χ3v) is 5.05. The first-order valence-corrected chi connectivity index (χ1v) is 12.5. The molecule has 0 saturated heterocycles. The summed E-state index contributed by atoms with van der Waals surface area (Å²) < 4.78 is 10.5. The SMILES string of the molecule is O=C(CBr)CCCOCCOCC(=O)NCC(=O)N(CCNC(=O)CCl)CCNC(=O)CCl. The van der Waals surface area contributed by atoms with Crippen molar-refractivity contribution >= 4 is 68.5 Å². The Labute approximate surface area is 211 Å². The number of halogens is 3. The van der Waals surface area contributed by atoms with E-state index in [0.29, 0.717) is 24.8 Å². The molecule has 0 spiro atoms. The lowest BCUT2D eigenvalue weighted by Crippen LogP contribution is -2.47. The maximum absolute atomic E-state index is 12.4. The molecule has 0 aliphatic carbocycles. The van der Waals surface area contributed by atoms with Crippen molar-refractivity contribution in [2.45, 2.75) is 12.8 Å². The Hall–Kier alpha value is -1.47. The minimum absolute atomic E-state index is 0.111. The van der Waals surface area contributed by atoms with Gasteiger partial charge in [0.1, 0.15) is 24.2 Å². The van der Waals surface area contributed by atoms with Crippen molar-refractivity contribution in [3.05, 3.63) is 0 Å². The monoisotopic (exact) mass is 576 g/mol. The van der Waals surface area contributed by atoms with Gasteiger partial charge in [-0.05, 0) is 6.42 Å². The lowest BCUT2D eigenvalue weighted by atomic mass is 10.2. The Balaban J connectivity index is 4.15. The first-order chi connectivity index (χ1) is 15.8. The predicted octanol–water partition coefficient (Wildman–Crippen LogP) is -0.581. The zero-order valence-electron chi connectivity index (χ0n) is 18.3. The maximum atomic E-state index is 12.4. The van der Waals surface area contributed by atoms with Crippen LogP contribution in [0.2, 0.25) is 0 Å². The zero-order chi connectivity index (χ0) is 24.9. The van der Waals surface area contributed by atoms with Crippen LogP contribution in [0.15, 0.2) is 0 Å². The summed E-state index contributed by atoms with van der Waals surface area (Å²) in [5, 5.41) is 7.88. The van der Waals surface area contributed by atoms with Gasteiger partial charge >= 0.3 is 0 Å². The standard InChI is InChI=1S/C19H31BrCl2N4O7/c20-10-15(27)2-1-7-32-8-9-33-14-18(30)25-13-19(31)26(5-3-23-16(28)11-21)6-4-24-17(29)12-22/h1-14H2,(H,23,28)(H,24,29)(H,25,30). The predicted molar refractivity (Wildman–Crippen MR) is 127 cm³/mol. The summed E-state index contributed by atoms with van der Waals surface area (Å²) in [5.74, 6) is -1.90. The molecule has 0 heterocycles. The highest BCUT2D eigenvalue weighted by atomic mass is 79.9. The van der Waals surface area contributed by atoms with Crippen molar-refractivity contribution in [1.29, 1.82) is 0 Å². The van der Waals surface area contributed by atoms with Gasteiger partial charge in [0.05, 0.1) is 25.1 Å². The van der Waals surface area contributed by atoms with E-state index < -0.39 is 11.8 Å². The second-order valence-electron chi connectivity index (χ2n) is 6.57. The summed E-state index contributed by atoms with van der Waals surface area (Å²) in [5.41, 5.74) is 0. The summed E-state index contributed by atoms with van der Waals surface area (Å²) in [4.78, 5) is 59.3. The lowest BCUT2D eigenvalue weighted by Gasteiger charge is -2.23. The van der Waals surface area contributed by atoms with Crippen LogP contribution in [-0.4, -0.2) is 111 Å². The molecule has 0 aromatic heterocycles. The molecule has 0 saturated carbocycles. The van der Waals surface area contributed by atoms with Crippen LogP contribution >= 0.6 is 39.1 Å². The van der Waals surface area contributed by atoms with E-state index in [-0.39, 0.29) is 81.9 Å². The van der Waals surface area contributed by atoms with Crippen LogP contribution in [0.5, 0.6) is 0 Å². The molecule has 0 rings (SSSR count). The molecule has 33 heavy (non-hydrogen) atoms. The quantitative estimate of drug-likeness (QED) is 0.130. The minimum atomic E-state index is -0.475. The Morgan fingerprint density at radius 1 is 0.788 bits per heavy atom. The third kappa shape index (κ3) is 18.6. The maximum Gasteiger partial charge on any atom is 0.246 e. The van der Waals surface area contributed by atoms with Crippen molar-refractivity contribution in [2.24, 2.45) is 0 Å². The van der Waals surface area contributed by atoms with E-state index in [4.69, 9.17) is 32.7 Å². The first kappa shape index (κ1) is 31.5. The highest BCUT2D eigenvalue weighted by Crippen LogP contribution is 1.95. The van der Waals surface area contributed by atoms with Gasteiger partial charge in [-0.2, -0.15) is 0 Å². The van der Waals surface area contributed by atoms with E-state index in [2.05, 4.69) is 31.9 Å². The Bertz CT molecular complexity index is 607.